The summed E-state index contributed by atoms with van der Waals surface area (Å²) in [5, 5.41) is 2.08. The monoisotopic (exact) mass is 344 g/mol. The molecular weight excluding hydrogens is 333 g/mol. The van der Waals surface area contributed by atoms with Gasteiger partial charge in [-0.1, -0.05) is 24.3 Å². The molecule has 0 aliphatic carbocycles. The first-order chi connectivity index (χ1) is 8.27. The summed E-state index contributed by atoms with van der Waals surface area (Å²) in [6, 6.07) is 9.86. The third-order valence-electron chi connectivity index (χ3n) is 2.46. The predicted molar refractivity (Wildman–Crippen MR) is 70.4 cm³/mol. The predicted octanol–water partition coefficient (Wildman–Crippen LogP) is 3.88. The summed E-state index contributed by atoms with van der Waals surface area (Å²) in [4.78, 5) is 0. The Morgan fingerprint density at radius 1 is 1.06 bits per heavy atom. The van der Waals surface area contributed by atoms with Crippen molar-refractivity contribution in [2.45, 2.75) is 0 Å². The van der Waals surface area contributed by atoms with Crippen LogP contribution in [-0.4, -0.2) is 14.2 Å². The molecule has 0 amide bonds. The second-order valence-electron chi connectivity index (χ2n) is 3.32. The number of rotatable bonds is 2. The molecule has 2 nitrogen and oxygen atoms in total. The van der Waals surface area contributed by atoms with E-state index < -0.39 is 0 Å². The normalized spacial score (nSPS) is 9.47. The van der Waals surface area contributed by atoms with Crippen LogP contribution in [0.25, 0.3) is 10.8 Å². The molecule has 0 saturated carbocycles. The molecule has 4 heteroatoms. The maximum absolute atomic E-state index is 5.34. The SMILES string of the molecule is [CH2-]c1cc(OC)c2ccccc2c1OC.[Zn+][Br]. The average molecular weight is 347 g/mol. The van der Waals surface area contributed by atoms with Crippen LogP contribution in [0.1, 0.15) is 5.56 Å². The van der Waals surface area contributed by atoms with Crippen molar-refractivity contribution in [2.24, 2.45) is 0 Å². The first kappa shape index (κ1) is 14.3. The number of hydrogen-bond acceptors (Lipinski definition) is 2. The second kappa shape index (κ2) is 6.88. The Hall–Kier alpha value is -0.727. The molecule has 2 rings (SSSR count). The van der Waals surface area contributed by atoms with E-state index in [9.17, 15) is 0 Å². The summed E-state index contributed by atoms with van der Waals surface area (Å²) in [6.07, 6.45) is 0. The molecule has 0 heterocycles. The molecule has 0 aliphatic heterocycles. The molecule has 0 spiro atoms. The summed E-state index contributed by atoms with van der Waals surface area (Å²) in [5.41, 5.74) is 0.841. The van der Waals surface area contributed by atoms with Crippen molar-refractivity contribution in [3.8, 4) is 11.5 Å². The molecule has 17 heavy (non-hydrogen) atoms. The fourth-order valence-corrected chi connectivity index (χ4v) is 1.78. The Morgan fingerprint density at radius 3 is 2.18 bits per heavy atom. The van der Waals surface area contributed by atoms with Gasteiger partial charge in [0.25, 0.3) is 0 Å². The molecule has 0 aromatic heterocycles. The van der Waals surface area contributed by atoms with Gasteiger partial charge in [-0.2, -0.15) is 6.92 Å². The summed E-state index contributed by atoms with van der Waals surface area (Å²) in [7, 11) is 3.32. The third kappa shape index (κ3) is 2.94. The Bertz CT molecular complexity index is 500. The van der Waals surface area contributed by atoms with E-state index in [-0.39, 0.29) is 0 Å². The minimum absolute atomic E-state index is 0.811. The zero-order chi connectivity index (χ0) is 12.8. The van der Waals surface area contributed by atoms with Gasteiger partial charge in [-0.3, -0.25) is 0 Å². The van der Waals surface area contributed by atoms with Crippen molar-refractivity contribution in [3.05, 3.63) is 42.8 Å². The Morgan fingerprint density at radius 2 is 1.65 bits per heavy atom. The van der Waals surface area contributed by atoms with E-state index in [2.05, 4.69) is 20.5 Å². The van der Waals surface area contributed by atoms with Gasteiger partial charge >= 0.3 is 30.0 Å². The van der Waals surface area contributed by atoms with Crippen LogP contribution in [0.5, 0.6) is 11.5 Å². The van der Waals surface area contributed by atoms with E-state index in [0.29, 0.717) is 0 Å². The number of halogens is 1. The van der Waals surface area contributed by atoms with Crippen LogP contribution in [-0.2, 0) is 16.3 Å². The van der Waals surface area contributed by atoms with Crippen LogP contribution in [0.2, 0.25) is 0 Å². The van der Waals surface area contributed by atoms with Gasteiger partial charge in [0.05, 0.1) is 20.0 Å². The molecule has 0 radical (unpaired) electrons. The van der Waals surface area contributed by atoms with Crippen molar-refractivity contribution in [2.75, 3.05) is 14.2 Å². The zero-order valence-electron chi connectivity index (χ0n) is 10.00. The van der Waals surface area contributed by atoms with Crippen LogP contribution < -0.4 is 9.47 Å². The van der Waals surface area contributed by atoms with Crippen LogP contribution in [0.4, 0.5) is 0 Å². The van der Waals surface area contributed by atoms with Crippen molar-refractivity contribution < 1.29 is 25.8 Å². The van der Waals surface area contributed by atoms with E-state index >= 15 is 0 Å². The number of benzene rings is 2. The molecule has 0 atom stereocenters. The molecule has 0 saturated heterocycles. The van der Waals surface area contributed by atoms with Gasteiger partial charge in [0.2, 0.25) is 0 Å². The van der Waals surface area contributed by atoms with Crippen molar-refractivity contribution in [1.29, 1.82) is 0 Å². The van der Waals surface area contributed by atoms with Crippen molar-refractivity contribution in [1.82, 2.24) is 0 Å². The molecule has 0 unspecified atom stereocenters. The quantitative estimate of drug-likeness (QED) is 0.607. The van der Waals surface area contributed by atoms with Crippen LogP contribution in [0.15, 0.2) is 30.3 Å². The summed E-state index contributed by atoms with van der Waals surface area (Å²) in [5.74, 6) is 1.64. The Kier molecular flexibility index (Phi) is 5.80. The van der Waals surface area contributed by atoms with Gasteiger partial charge in [0, 0.05) is 11.1 Å². The van der Waals surface area contributed by atoms with E-state index in [1.807, 2.05) is 30.3 Å². The molecule has 0 fully saturated rings. The fourth-order valence-electron chi connectivity index (χ4n) is 1.78. The molecular formula is C13H13BrO2Zn. The van der Waals surface area contributed by atoms with Gasteiger partial charge in [0.15, 0.2) is 0 Å². The Balaban J connectivity index is 0.000000686. The number of ether oxygens (including phenoxy) is 2. The summed E-state index contributed by atoms with van der Waals surface area (Å²) < 4.78 is 10.7. The first-order valence-corrected chi connectivity index (χ1v) is 11.9. The molecule has 0 bridgehead atoms. The standard InChI is InChI=1S/C13H13O2.BrH.Zn/c1-9-8-12(14-2)10-6-4-5-7-11(10)13(9)15-3;;/h4-8H,1H2,2-3H3;1H;/q-1;;+2/p-1. The molecule has 2 aromatic rings. The first-order valence-electron chi connectivity index (χ1n) is 5.00. The summed E-state index contributed by atoms with van der Waals surface area (Å²) in [6.45, 7) is 3.95. The maximum atomic E-state index is 5.34. The van der Waals surface area contributed by atoms with E-state index in [0.717, 1.165) is 27.8 Å². The van der Waals surface area contributed by atoms with Gasteiger partial charge in [-0.25, -0.2) is 0 Å². The molecule has 0 N–H and O–H groups in total. The topological polar surface area (TPSA) is 18.5 Å². The van der Waals surface area contributed by atoms with Crippen molar-refractivity contribution >= 4 is 24.4 Å². The van der Waals surface area contributed by atoms with Crippen molar-refractivity contribution in [3.63, 3.8) is 0 Å². The summed E-state index contributed by atoms with van der Waals surface area (Å²) >= 11 is 4.25. The number of methoxy groups -OCH3 is 2. The number of hydrogen-bond donors (Lipinski definition) is 0. The van der Waals surface area contributed by atoms with Crippen LogP contribution >= 0.6 is 13.6 Å². The van der Waals surface area contributed by atoms with Gasteiger partial charge < -0.3 is 9.47 Å². The number of fused-ring (bicyclic) bond motifs is 1. The molecule has 2 aromatic carbocycles. The van der Waals surface area contributed by atoms with Crippen LogP contribution in [0.3, 0.4) is 0 Å². The fraction of sp³-hybridized carbons (Fsp3) is 0.154. The van der Waals surface area contributed by atoms with E-state index in [1.165, 1.54) is 16.3 Å². The van der Waals surface area contributed by atoms with Gasteiger partial charge in [0.1, 0.15) is 0 Å². The Labute approximate surface area is 118 Å². The van der Waals surface area contributed by atoms with E-state index in [1.54, 1.807) is 14.2 Å². The third-order valence-corrected chi connectivity index (χ3v) is 2.46. The minimum atomic E-state index is 0.811. The molecule has 0 aliphatic rings. The molecule has 86 valence electrons. The average Bonchev–Trinajstić information content (AvgIpc) is 2.40. The van der Waals surface area contributed by atoms with Gasteiger partial charge in [-0.05, 0) is 5.39 Å². The van der Waals surface area contributed by atoms with Gasteiger partial charge in [-0.15, -0.1) is 11.6 Å². The second-order valence-corrected chi connectivity index (χ2v) is 3.32. The van der Waals surface area contributed by atoms with E-state index in [4.69, 9.17) is 9.47 Å². The van der Waals surface area contributed by atoms with Crippen LogP contribution in [0, 0.1) is 6.92 Å². The zero-order valence-corrected chi connectivity index (χ0v) is 14.5.